The summed E-state index contributed by atoms with van der Waals surface area (Å²) in [5.74, 6) is -0.0869. The van der Waals surface area contributed by atoms with E-state index in [-0.39, 0.29) is 11.9 Å². The number of likely N-dealkylation sites (tertiary alicyclic amines) is 1. The Kier molecular flexibility index (Phi) is 4.38. The lowest BCUT2D eigenvalue weighted by atomic mass is 9.91. The van der Waals surface area contributed by atoms with Crippen LogP contribution in [0.4, 0.5) is 4.39 Å². The number of nitrogens with one attached hydrogen (secondary N) is 1. The van der Waals surface area contributed by atoms with E-state index in [4.69, 9.17) is 0 Å². The van der Waals surface area contributed by atoms with Crippen molar-refractivity contribution in [2.45, 2.75) is 38.3 Å². The van der Waals surface area contributed by atoms with Crippen LogP contribution in [0.1, 0.15) is 24.0 Å². The van der Waals surface area contributed by atoms with Gasteiger partial charge in [-0.15, -0.1) is 0 Å². The maximum absolute atomic E-state index is 15.3. The van der Waals surface area contributed by atoms with Crippen molar-refractivity contribution in [3.05, 3.63) is 59.4 Å². The quantitative estimate of drug-likeness (QED) is 0.797. The third kappa shape index (κ3) is 3.01. The molecule has 1 heterocycles. The Morgan fingerprint density at radius 3 is 2.68 bits per heavy atom. The Balaban J connectivity index is 1.64. The number of hydrogen-bond donors (Lipinski definition) is 2. The molecule has 4 heteroatoms. The van der Waals surface area contributed by atoms with Gasteiger partial charge in [-0.3, -0.25) is 4.72 Å². The summed E-state index contributed by atoms with van der Waals surface area (Å²) in [6, 6.07) is 14.4. The summed E-state index contributed by atoms with van der Waals surface area (Å²) in [6.07, 6.45) is 3.21. The monoisotopic (exact) mass is 356 g/mol. The number of benzene rings is 2. The second-order valence-corrected chi connectivity index (χ2v) is 8.06. The Morgan fingerprint density at radius 1 is 1.24 bits per heavy atom. The zero-order valence-electron chi connectivity index (χ0n) is 14.8. The first-order valence-corrected chi connectivity index (χ1v) is 9.43. The van der Waals surface area contributed by atoms with Gasteiger partial charge < -0.3 is 4.90 Å². The fourth-order valence-corrected chi connectivity index (χ4v) is 4.95. The van der Waals surface area contributed by atoms with Crippen LogP contribution in [0.3, 0.4) is 0 Å². The summed E-state index contributed by atoms with van der Waals surface area (Å²) >= 11 is 4.38. The Labute approximate surface area is 155 Å². The molecule has 132 valence electrons. The first kappa shape index (κ1) is 17.1. The van der Waals surface area contributed by atoms with Crippen molar-refractivity contribution in [3.8, 4) is 11.1 Å². The summed E-state index contributed by atoms with van der Waals surface area (Å²) in [4.78, 5) is 2.37. The molecule has 25 heavy (non-hydrogen) atoms. The molecule has 0 amide bonds. The zero-order valence-corrected chi connectivity index (χ0v) is 15.7. The molecule has 1 aliphatic carbocycles. The smallest absolute Gasteiger partial charge is 0.134 e. The molecule has 1 saturated heterocycles. The highest BCUT2D eigenvalue weighted by Gasteiger charge is 2.58. The number of halogens is 1. The van der Waals surface area contributed by atoms with E-state index in [0.29, 0.717) is 23.4 Å². The van der Waals surface area contributed by atoms with Gasteiger partial charge in [0.25, 0.3) is 0 Å². The molecule has 1 saturated carbocycles. The summed E-state index contributed by atoms with van der Waals surface area (Å²) in [5, 5.41) is 0. The van der Waals surface area contributed by atoms with Gasteiger partial charge in [0, 0.05) is 29.6 Å². The highest BCUT2D eigenvalue weighted by atomic mass is 32.1. The van der Waals surface area contributed by atoms with Gasteiger partial charge >= 0.3 is 0 Å². The minimum absolute atomic E-state index is 0.0869. The molecule has 0 aromatic heterocycles. The number of aryl methyl sites for hydroxylation is 1. The SMILES string of the molecule is Cc1cccc(-c2cccc(CC3C(NS)C4(CC4)CN3C)c2F)c1. The van der Waals surface area contributed by atoms with Gasteiger partial charge in [0.15, 0.2) is 0 Å². The molecule has 0 radical (unpaired) electrons. The van der Waals surface area contributed by atoms with Crippen molar-refractivity contribution in [1.82, 2.24) is 9.62 Å². The Hall–Kier alpha value is -1.36. The van der Waals surface area contributed by atoms with E-state index >= 15 is 4.39 Å². The summed E-state index contributed by atoms with van der Waals surface area (Å²) in [5.41, 5.74) is 3.93. The van der Waals surface area contributed by atoms with Gasteiger partial charge in [0.1, 0.15) is 5.82 Å². The van der Waals surface area contributed by atoms with Gasteiger partial charge in [-0.05, 0) is 44.4 Å². The number of likely N-dealkylation sites (N-methyl/N-ethyl adjacent to an activating group) is 1. The van der Waals surface area contributed by atoms with E-state index in [1.54, 1.807) is 0 Å². The fourth-order valence-electron chi connectivity index (χ4n) is 4.50. The van der Waals surface area contributed by atoms with Gasteiger partial charge in [-0.1, -0.05) is 60.8 Å². The molecule has 2 unspecified atom stereocenters. The predicted molar refractivity (Wildman–Crippen MR) is 104 cm³/mol. The predicted octanol–water partition coefficient (Wildman–Crippen LogP) is 4.24. The minimum Gasteiger partial charge on any atom is -0.301 e. The minimum atomic E-state index is -0.0869. The Bertz CT molecular complexity index is 787. The van der Waals surface area contributed by atoms with Crippen molar-refractivity contribution in [1.29, 1.82) is 0 Å². The molecule has 2 aliphatic rings. The fraction of sp³-hybridized carbons (Fsp3) is 0.429. The van der Waals surface area contributed by atoms with Gasteiger partial charge in [-0.2, -0.15) is 0 Å². The average Bonchev–Trinajstić information content (AvgIpc) is 3.30. The van der Waals surface area contributed by atoms with Crippen LogP contribution >= 0.6 is 12.8 Å². The molecule has 2 nitrogen and oxygen atoms in total. The highest BCUT2D eigenvalue weighted by molar-refractivity contribution is 7.78. The molecular weight excluding hydrogens is 331 g/mol. The van der Waals surface area contributed by atoms with Crippen LogP contribution < -0.4 is 4.72 Å². The molecule has 1 aliphatic heterocycles. The van der Waals surface area contributed by atoms with E-state index in [1.165, 1.54) is 12.8 Å². The lowest BCUT2D eigenvalue weighted by Gasteiger charge is -2.26. The van der Waals surface area contributed by atoms with Crippen LogP contribution in [-0.2, 0) is 6.42 Å². The third-order valence-electron chi connectivity index (χ3n) is 6.04. The molecule has 0 bridgehead atoms. The standard InChI is InChI=1S/C21H25FN2S/c1-14-5-3-6-15(11-14)17-8-4-7-16(19(17)22)12-18-20(23-25)21(9-10-21)13-24(18)2/h3-8,11,18,20,23,25H,9-10,12-13H2,1-2H3. The van der Waals surface area contributed by atoms with E-state index in [9.17, 15) is 0 Å². The number of hydrogen-bond acceptors (Lipinski definition) is 3. The first-order chi connectivity index (χ1) is 12.0. The van der Waals surface area contributed by atoms with Crippen LogP contribution in [0, 0.1) is 18.2 Å². The van der Waals surface area contributed by atoms with E-state index < -0.39 is 0 Å². The van der Waals surface area contributed by atoms with Crippen molar-refractivity contribution in [2.75, 3.05) is 13.6 Å². The summed E-state index contributed by atoms with van der Waals surface area (Å²) in [6.45, 7) is 3.12. The molecule has 1 spiro atoms. The van der Waals surface area contributed by atoms with Crippen molar-refractivity contribution in [3.63, 3.8) is 0 Å². The molecule has 2 fully saturated rings. The summed E-state index contributed by atoms with van der Waals surface area (Å²) < 4.78 is 18.5. The molecule has 2 aromatic rings. The molecular formula is C21H25FN2S. The molecule has 4 rings (SSSR count). The van der Waals surface area contributed by atoms with Crippen LogP contribution in [0.25, 0.3) is 11.1 Å². The number of nitrogens with zero attached hydrogens (tertiary/aromatic N) is 1. The van der Waals surface area contributed by atoms with E-state index in [1.807, 2.05) is 49.4 Å². The van der Waals surface area contributed by atoms with Gasteiger partial charge in [0.05, 0.1) is 0 Å². The first-order valence-electron chi connectivity index (χ1n) is 8.98. The van der Waals surface area contributed by atoms with Crippen LogP contribution in [0.2, 0.25) is 0 Å². The van der Waals surface area contributed by atoms with Crippen LogP contribution in [0.15, 0.2) is 42.5 Å². The van der Waals surface area contributed by atoms with Crippen molar-refractivity contribution < 1.29 is 4.39 Å². The summed E-state index contributed by atoms with van der Waals surface area (Å²) in [7, 11) is 2.15. The number of thiol groups is 1. The average molecular weight is 357 g/mol. The second kappa shape index (κ2) is 6.42. The zero-order chi connectivity index (χ0) is 17.6. The van der Waals surface area contributed by atoms with Crippen LogP contribution in [0.5, 0.6) is 0 Å². The van der Waals surface area contributed by atoms with Crippen molar-refractivity contribution in [2.24, 2.45) is 5.41 Å². The topological polar surface area (TPSA) is 15.3 Å². The molecule has 1 N–H and O–H groups in total. The highest BCUT2D eigenvalue weighted by Crippen LogP contribution is 2.55. The van der Waals surface area contributed by atoms with Gasteiger partial charge in [-0.25, -0.2) is 4.39 Å². The van der Waals surface area contributed by atoms with Crippen molar-refractivity contribution >= 4 is 12.8 Å². The maximum Gasteiger partial charge on any atom is 0.134 e. The van der Waals surface area contributed by atoms with E-state index in [2.05, 4.69) is 29.5 Å². The maximum atomic E-state index is 15.3. The molecule has 2 atom stereocenters. The van der Waals surface area contributed by atoms with Crippen LogP contribution in [-0.4, -0.2) is 30.6 Å². The van der Waals surface area contributed by atoms with Gasteiger partial charge in [0.2, 0.25) is 0 Å². The normalized spacial score (nSPS) is 24.8. The Morgan fingerprint density at radius 2 is 2.00 bits per heavy atom. The molecule has 2 aromatic carbocycles. The lowest BCUT2D eigenvalue weighted by molar-refractivity contribution is 0.290. The van der Waals surface area contributed by atoms with E-state index in [0.717, 1.165) is 23.2 Å². The number of rotatable bonds is 4. The largest absolute Gasteiger partial charge is 0.301 e. The third-order valence-corrected chi connectivity index (χ3v) is 6.32. The lowest BCUT2D eigenvalue weighted by Crippen LogP contribution is -2.42. The second-order valence-electron chi connectivity index (χ2n) is 7.80.